The molecule has 0 aliphatic heterocycles. The molecule has 0 saturated heterocycles. The summed E-state index contributed by atoms with van der Waals surface area (Å²) in [6.07, 6.45) is 1.49. The third kappa shape index (κ3) is 4.11. The number of fused-ring (bicyclic) bond motifs is 2. The molecule has 0 unspecified atom stereocenters. The van der Waals surface area contributed by atoms with Gasteiger partial charge in [-0.25, -0.2) is 0 Å². The molecular formula is C24H17LaNO7. The molecule has 2 aromatic carbocycles. The molecule has 0 bridgehead atoms. The van der Waals surface area contributed by atoms with Crippen LogP contribution in [0.25, 0.3) is 21.9 Å². The Kier molecular flexibility index (Phi) is 7.19. The molecule has 8 nitrogen and oxygen atoms in total. The molecule has 33 heavy (non-hydrogen) atoms. The summed E-state index contributed by atoms with van der Waals surface area (Å²) < 4.78 is 11.0. The van der Waals surface area contributed by atoms with Gasteiger partial charge in [0.2, 0.25) is 10.9 Å². The smallest absolute Gasteiger partial charge is 0.290 e. The van der Waals surface area contributed by atoms with Crippen LogP contribution in [0, 0.1) is 35.6 Å². The fourth-order valence-corrected chi connectivity index (χ4v) is 3.79. The van der Waals surface area contributed by atoms with Gasteiger partial charge in [-0.05, 0) is 36.4 Å². The third-order valence-electron chi connectivity index (χ3n) is 5.19. The maximum atomic E-state index is 13.4. The van der Waals surface area contributed by atoms with Crippen LogP contribution < -0.4 is 10.9 Å². The summed E-state index contributed by atoms with van der Waals surface area (Å²) in [5.74, 6) is -2.54. The first-order chi connectivity index (χ1) is 15.1. The van der Waals surface area contributed by atoms with Crippen molar-refractivity contribution in [3.8, 4) is 11.9 Å². The molecule has 3 aromatic heterocycles. The van der Waals surface area contributed by atoms with E-state index in [9.17, 15) is 19.8 Å². The Morgan fingerprint density at radius 1 is 0.697 bits per heavy atom. The molecule has 0 aliphatic rings. The Balaban J connectivity index is 0.00000153. The van der Waals surface area contributed by atoms with Gasteiger partial charge in [-0.1, -0.05) is 30.3 Å². The Bertz CT molecular complexity index is 1460. The number of aromatic nitrogens is 1. The van der Waals surface area contributed by atoms with Crippen LogP contribution in [0.3, 0.4) is 0 Å². The average Bonchev–Trinajstić information content (AvgIpc) is 2.78. The van der Waals surface area contributed by atoms with E-state index in [1.165, 1.54) is 6.20 Å². The predicted octanol–water partition coefficient (Wildman–Crippen LogP) is 3.06. The number of nitrogens with zero attached hydrogens (tertiary/aromatic N) is 1. The third-order valence-corrected chi connectivity index (χ3v) is 5.19. The molecule has 4 N–H and O–H groups in total. The van der Waals surface area contributed by atoms with E-state index in [1.54, 1.807) is 66.7 Å². The van der Waals surface area contributed by atoms with Gasteiger partial charge in [-0.15, -0.1) is 0 Å². The van der Waals surface area contributed by atoms with Gasteiger partial charge in [0.1, 0.15) is 11.2 Å². The van der Waals surface area contributed by atoms with Crippen molar-refractivity contribution in [3.63, 3.8) is 0 Å². The zero-order valence-corrected chi connectivity index (χ0v) is 20.7. The molecule has 0 fully saturated rings. The topological polar surface area (TPSA) is 145 Å². The summed E-state index contributed by atoms with van der Waals surface area (Å²) in [4.78, 5) is 31.0. The molecule has 0 amide bonds. The second kappa shape index (κ2) is 9.72. The molecule has 9 heteroatoms. The van der Waals surface area contributed by atoms with Gasteiger partial charge in [0.15, 0.2) is 0 Å². The summed E-state index contributed by atoms with van der Waals surface area (Å²) in [6.45, 7) is 0. The van der Waals surface area contributed by atoms with E-state index in [4.69, 9.17) is 8.83 Å². The van der Waals surface area contributed by atoms with Gasteiger partial charge in [-0.2, -0.15) is 0 Å². The van der Waals surface area contributed by atoms with Crippen LogP contribution in [0.15, 0.2) is 91.4 Å². The Morgan fingerprint density at radius 3 is 1.61 bits per heavy atom. The SMILES string of the molecule is O.O=c1c(C(c2ccccn2)c2c(O)oc3ccccc3c2=O)c(O)oc2ccccc12.[La]. The number of hydrogen-bond donors (Lipinski definition) is 2. The minimum atomic E-state index is -1.22. The molecule has 0 saturated carbocycles. The molecule has 3 heterocycles. The predicted molar refractivity (Wildman–Crippen MR) is 117 cm³/mol. The van der Waals surface area contributed by atoms with Crippen LogP contribution in [0.1, 0.15) is 22.7 Å². The van der Waals surface area contributed by atoms with Crippen LogP contribution in [-0.4, -0.2) is 20.7 Å². The van der Waals surface area contributed by atoms with E-state index >= 15 is 0 Å². The molecule has 0 atom stereocenters. The first kappa shape index (κ1) is 24.4. The minimum Gasteiger partial charge on any atom is -0.480 e. The van der Waals surface area contributed by atoms with Crippen molar-refractivity contribution in [3.05, 3.63) is 110 Å². The second-order valence-electron chi connectivity index (χ2n) is 6.98. The molecule has 5 rings (SSSR count). The Hall–Kier alpha value is -3.24. The second-order valence-corrected chi connectivity index (χ2v) is 6.98. The Morgan fingerprint density at radius 2 is 1.15 bits per heavy atom. The van der Waals surface area contributed by atoms with Crippen LogP contribution in [0.4, 0.5) is 0 Å². The first-order valence-electron chi connectivity index (χ1n) is 9.46. The van der Waals surface area contributed by atoms with E-state index in [0.29, 0.717) is 0 Å². The fourth-order valence-electron chi connectivity index (χ4n) is 3.79. The summed E-state index contributed by atoms with van der Waals surface area (Å²) >= 11 is 0. The summed E-state index contributed by atoms with van der Waals surface area (Å²) in [6, 6.07) is 17.8. The molecule has 0 spiro atoms. The van der Waals surface area contributed by atoms with E-state index < -0.39 is 28.7 Å². The van der Waals surface area contributed by atoms with E-state index in [2.05, 4.69) is 4.98 Å². The number of hydrogen-bond acceptors (Lipinski definition) is 7. The van der Waals surface area contributed by atoms with Crippen LogP contribution in [-0.2, 0) is 0 Å². The molecule has 0 aliphatic carbocycles. The van der Waals surface area contributed by atoms with Crippen LogP contribution >= 0.6 is 0 Å². The number of pyridine rings is 1. The monoisotopic (exact) mass is 570 g/mol. The zero-order valence-electron chi connectivity index (χ0n) is 17.1. The van der Waals surface area contributed by atoms with Crippen molar-refractivity contribution >= 4 is 21.9 Å². The van der Waals surface area contributed by atoms with E-state index in [-0.39, 0.29) is 79.8 Å². The van der Waals surface area contributed by atoms with Crippen molar-refractivity contribution in [1.29, 1.82) is 0 Å². The van der Waals surface area contributed by atoms with Gasteiger partial charge >= 0.3 is 0 Å². The van der Waals surface area contributed by atoms with Crippen molar-refractivity contribution in [2.75, 3.05) is 0 Å². The van der Waals surface area contributed by atoms with Gasteiger partial charge in [0, 0.05) is 41.8 Å². The zero-order chi connectivity index (χ0) is 21.5. The summed E-state index contributed by atoms with van der Waals surface area (Å²) in [7, 11) is 0. The molecule has 5 aromatic rings. The van der Waals surface area contributed by atoms with Crippen molar-refractivity contribution in [2.45, 2.75) is 5.92 Å². The summed E-state index contributed by atoms with van der Waals surface area (Å²) in [5.41, 5.74) is -0.848. The number of rotatable bonds is 3. The van der Waals surface area contributed by atoms with Gasteiger partial charge in [0.25, 0.3) is 11.9 Å². The maximum Gasteiger partial charge on any atom is 0.290 e. The maximum absolute atomic E-state index is 13.4. The largest absolute Gasteiger partial charge is 0.480 e. The average molecular weight is 570 g/mol. The van der Waals surface area contributed by atoms with E-state index in [0.717, 1.165) is 0 Å². The van der Waals surface area contributed by atoms with Crippen molar-refractivity contribution in [2.24, 2.45) is 0 Å². The van der Waals surface area contributed by atoms with Gasteiger partial charge in [-0.3, -0.25) is 14.6 Å². The number of para-hydroxylation sites is 2. The first-order valence-corrected chi connectivity index (χ1v) is 9.46. The van der Waals surface area contributed by atoms with E-state index in [1.807, 2.05) is 0 Å². The quantitative estimate of drug-likeness (QED) is 0.339. The van der Waals surface area contributed by atoms with Crippen LogP contribution in [0.2, 0.25) is 0 Å². The molecule has 1 radical (unpaired) electrons. The molecular weight excluding hydrogens is 553 g/mol. The minimum absolute atomic E-state index is 0. The summed E-state index contributed by atoms with van der Waals surface area (Å²) in [5, 5.41) is 21.8. The molecule has 163 valence electrons. The van der Waals surface area contributed by atoms with Crippen molar-refractivity contribution < 1.29 is 60.1 Å². The number of aromatic hydroxyl groups is 2. The van der Waals surface area contributed by atoms with Gasteiger partial charge < -0.3 is 24.5 Å². The normalized spacial score (nSPS) is 10.7. The standard InChI is InChI=1S/C24H15NO6.La.H2O/c26-21-13-7-1-3-10-16(13)30-23(28)19(21)18(15-9-5-6-12-25-15)20-22(27)14-8-2-4-11-17(14)31-24(20)29;;/h1-12,18,28-29H;;1H2. The van der Waals surface area contributed by atoms with Crippen LogP contribution in [0.5, 0.6) is 11.9 Å². The van der Waals surface area contributed by atoms with Gasteiger partial charge in [0.05, 0.1) is 33.5 Å². The number of benzene rings is 2. The van der Waals surface area contributed by atoms with Crippen molar-refractivity contribution in [1.82, 2.24) is 4.98 Å². The fraction of sp³-hybridized carbons (Fsp3) is 0.0417. The Labute approximate surface area is 214 Å².